The Hall–Kier alpha value is -1.79. The third kappa shape index (κ3) is 4.36. The Morgan fingerprint density at radius 1 is 1.13 bits per heavy atom. The lowest BCUT2D eigenvalue weighted by molar-refractivity contribution is -0.149. The summed E-state index contributed by atoms with van der Waals surface area (Å²) in [6.45, 7) is 4.06. The van der Waals surface area contributed by atoms with Crippen molar-refractivity contribution in [3.8, 4) is 0 Å². The van der Waals surface area contributed by atoms with Gasteiger partial charge in [-0.15, -0.1) is 0 Å². The van der Waals surface area contributed by atoms with Crippen LogP contribution >= 0.6 is 0 Å². The zero-order valence-corrected chi connectivity index (χ0v) is 13.8. The van der Waals surface area contributed by atoms with Gasteiger partial charge in [0, 0.05) is 6.54 Å². The van der Waals surface area contributed by atoms with Gasteiger partial charge in [0.15, 0.2) is 0 Å². The number of ether oxygens (including phenoxy) is 1. The Labute approximate surface area is 136 Å². The van der Waals surface area contributed by atoms with E-state index >= 15 is 0 Å². The fourth-order valence-corrected chi connectivity index (χ4v) is 3.30. The fourth-order valence-electron chi connectivity index (χ4n) is 3.30. The van der Waals surface area contributed by atoms with E-state index in [2.05, 4.69) is 5.32 Å². The number of carbonyl (C=O) groups is 3. The third-order valence-electron chi connectivity index (χ3n) is 4.60. The molecule has 2 aliphatic rings. The molecule has 2 N–H and O–H groups in total. The van der Waals surface area contributed by atoms with Crippen molar-refractivity contribution in [1.82, 2.24) is 10.2 Å². The second-order valence-corrected chi connectivity index (χ2v) is 6.71. The number of hydrogen-bond acceptors (Lipinski definition) is 4. The third-order valence-corrected chi connectivity index (χ3v) is 4.60. The Balaban J connectivity index is 1.98. The highest BCUT2D eigenvalue weighted by atomic mass is 16.6. The molecule has 1 saturated carbocycles. The predicted octanol–water partition coefficient (Wildman–Crippen LogP) is 1.76. The maximum atomic E-state index is 12.7. The van der Waals surface area contributed by atoms with Gasteiger partial charge in [-0.3, -0.25) is 4.79 Å². The van der Waals surface area contributed by atoms with E-state index in [0.717, 1.165) is 25.7 Å². The molecule has 2 rings (SSSR count). The number of carboxylic acids is 1. The average Bonchev–Trinajstić information content (AvgIpc) is 3.14. The summed E-state index contributed by atoms with van der Waals surface area (Å²) in [4.78, 5) is 37.3. The molecule has 1 heterocycles. The number of rotatable bonds is 5. The summed E-state index contributed by atoms with van der Waals surface area (Å²) in [7, 11) is 0. The van der Waals surface area contributed by atoms with Crippen LogP contribution in [0.5, 0.6) is 0 Å². The number of amides is 2. The quantitative estimate of drug-likeness (QED) is 0.802. The number of likely N-dealkylation sites (tertiary alicyclic amines) is 1. The molecule has 7 heteroatoms. The van der Waals surface area contributed by atoms with Gasteiger partial charge in [0.25, 0.3) is 0 Å². The van der Waals surface area contributed by atoms with Gasteiger partial charge in [0.1, 0.15) is 18.2 Å². The maximum absolute atomic E-state index is 12.7. The topological polar surface area (TPSA) is 95.9 Å². The van der Waals surface area contributed by atoms with Crippen LogP contribution in [-0.2, 0) is 14.3 Å². The van der Waals surface area contributed by atoms with Gasteiger partial charge in [0.05, 0.1) is 0 Å². The lowest BCUT2D eigenvalue weighted by Crippen LogP contribution is -2.54. The van der Waals surface area contributed by atoms with Crippen molar-refractivity contribution in [1.29, 1.82) is 0 Å². The molecule has 0 unspecified atom stereocenters. The highest BCUT2D eigenvalue weighted by molar-refractivity contribution is 5.90. The minimum atomic E-state index is -0.994. The number of aliphatic carboxylic acids is 1. The molecule has 130 valence electrons. The summed E-state index contributed by atoms with van der Waals surface area (Å²) in [5.74, 6) is -1.48. The van der Waals surface area contributed by atoms with Crippen LogP contribution < -0.4 is 5.32 Å². The molecule has 7 nitrogen and oxygen atoms in total. The Kier molecular flexibility index (Phi) is 5.85. The normalized spacial score (nSPS) is 23.1. The van der Waals surface area contributed by atoms with Crippen molar-refractivity contribution in [2.75, 3.05) is 6.54 Å². The number of nitrogens with zero attached hydrogens (tertiary/aromatic N) is 1. The zero-order valence-electron chi connectivity index (χ0n) is 13.8. The van der Waals surface area contributed by atoms with Crippen molar-refractivity contribution in [3.05, 3.63) is 0 Å². The summed E-state index contributed by atoms with van der Waals surface area (Å²) < 4.78 is 5.34. The first-order valence-electron chi connectivity index (χ1n) is 8.40. The van der Waals surface area contributed by atoms with Gasteiger partial charge in [-0.2, -0.15) is 0 Å². The molecule has 23 heavy (non-hydrogen) atoms. The van der Waals surface area contributed by atoms with Gasteiger partial charge in [-0.1, -0.05) is 13.8 Å². The largest absolute Gasteiger partial charge is 0.480 e. The van der Waals surface area contributed by atoms with Crippen molar-refractivity contribution in [2.45, 2.75) is 70.6 Å². The summed E-state index contributed by atoms with van der Waals surface area (Å²) in [6.07, 6.45) is 4.30. The van der Waals surface area contributed by atoms with Crippen LogP contribution in [0.25, 0.3) is 0 Å². The predicted molar refractivity (Wildman–Crippen MR) is 82.9 cm³/mol. The molecule has 2 atom stereocenters. The SMILES string of the molecule is CC(C)[C@H](NC(=O)OC1CCCC1)C(=O)N1CCC[C@H]1C(=O)O. The minimum absolute atomic E-state index is 0.0727. The zero-order chi connectivity index (χ0) is 17.0. The van der Waals surface area contributed by atoms with E-state index in [9.17, 15) is 19.5 Å². The molecule has 1 aliphatic carbocycles. The molecule has 0 aromatic heterocycles. The molecule has 0 spiro atoms. The van der Waals surface area contributed by atoms with E-state index < -0.39 is 24.1 Å². The maximum Gasteiger partial charge on any atom is 0.408 e. The van der Waals surface area contributed by atoms with Crippen LogP contribution in [0.2, 0.25) is 0 Å². The standard InChI is InChI=1S/C16H26N2O5/c1-10(2)13(17-16(22)23-11-6-3-4-7-11)14(19)18-9-5-8-12(18)15(20)21/h10-13H,3-9H2,1-2H3,(H,17,22)(H,20,21)/t12-,13-/m0/s1. The van der Waals surface area contributed by atoms with Crippen LogP contribution in [0.1, 0.15) is 52.4 Å². The highest BCUT2D eigenvalue weighted by Gasteiger charge is 2.39. The Morgan fingerprint density at radius 3 is 2.35 bits per heavy atom. The van der Waals surface area contributed by atoms with Crippen molar-refractivity contribution < 1.29 is 24.2 Å². The number of carbonyl (C=O) groups excluding carboxylic acids is 2. The van der Waals surface area contributed by atoms with Crippen LogP contribution in [0, 0.1) is 5.92 Å². The second-order valence-electron chi connectivity index (χ2n) is 6.71. The first-order valence-corrected chi connectivity index (χ1v) is 8.40. The molecular formula is C16H26N2O5. The van der Waals surface area contributed by atoms with Gasteiger partial charge in [-0.25, -0.2) is 9.59 Å². The van der Waals surface area contributed by atoms with Crippen LogP contribution in [0.4, 0.5) is 4.79 Å². The molecular weight excluding hydrogens is 300 g/mol. The summed E-state index contributed by atoms with van der Waals surface area (Å²) >= 11 is 0. The second kappa shape index (κ2) is 7.66. The van der Waals surface area contributed by atoms with E-state index in [4.69, 9.17) is 4.74 Å². The van der Waals surface area contributed by atoms with Crippen LogP contribution in [0.3, 0.4) is 0 Å². The number of carboxylic acid groups (broad SMARTS) is 1. The Morgan fingerprint density at radius 2 is 1.78 bits per heavy atom. The monoisotopic (exact) mass is 326 g/mol. The summed E-state index contributed by atoms with van der Waals surface area (Å²) in [5, 5.41) is 11.9. The number of nitrogens with one attached hydrogen (secondary N) is 1. The molecule has 0 aromatic rings. The molecule has 0 aromatic carbocycles. The van der Waals surface area contributed by atoms with Gasteiger partial charge < -0.3 is 20.1 Å². The van der Waals surface area contributed by atoms with E-state index in [0.29, 0.717) is 19.4 Å². The Bertz CT molecular complexity index is 459. The fraction of sp³-hybridized carbons (Fsp3) is 0.812. The van der Waals surface area contributed by atoms with E-state index in [1.807, 2.05) is 13.8 Å². The lowest BCUT2D eigenvalue weighted by atomic mass is 10.0. The summed E-state index contributed by atoms with van der Waals surface area (Å²) in [6, 6.07) is -1.56. The minimum Gasteiger partial charge on any atom is -0.480 e. The molecule has 2 amide bonds. The van der Waals surface area contributed by atoms with E-state index in [1.165, 1.54) is 4.90 Å². The van der Waals surface area contributed by atoms with Crippen molar-refractivity contribution >= 4 is 18.0 Å². The van der Waals surface area contributed by atoms with Crippen molar-refractivity contribution in [3.63, 3.8) is 0 Å². The molecule has 1 saturated heterocycles. The van der Waals surface area contributed by atoms with Gasteiger partial charge >= 0.3 is 12.1 Å². The van der Waals surface area contributed by atoms with Gasteiger partial charge in [0.2, 0.25) is 5.91 Å². The average molecular weight is 326 g/mol. The molecule has 2 fully saturated rings. The number of alkyl carbamates (subject to hydrolysis) is 1. The first kappa shape index (κ1) is 17.6. The van der Waals surface area contributed by atoms with Crippen LogP contribution in [0.15, 0.2) is 0 Å². The van der Waals surface area contributed by atoms with E-state index in [-0.39, 0.29) is 17.9 Å². The highest BCUT2D eigenvalue weighted by Crippen LogP contribution is 2.22. The molecule has 1 aliphatic heterocycles. The van der Waals surface area contributed by atoms with Crippen molar-refractivity contribution in [2.24, 2.45) is 5.92 Å². The number of hydrogen-bond donors (Lipinski definition) is 2. The first-order chi connectivity index (χ1) is 10.9. The van der Waals surface area contributed by atoms with E-state index in [1.54, 1.807) is 0 Å². The molecule has 0 radical (unpaired) electrons. The smallest absolute Gasteiger partial charge is 0.408 e. The van der Waals surface area contributed by atoms with Gasteiger partial charge in [-0.05, 0) is 44.4 Å². The molecule has 0 bridgehead atoms. The summed E-state index contributed by atoms with van der Waals surface area (Å²) in [5.41, 5.74) is 0. The van der Waals surface area contributed by atoms with Crippen LogP contribution in [-0.4, -0.2) is 52.7 Å². The lowest BCUT2D eigenvalue weighted by Gasteiger charge is -2.29.